The Balaban J connectivity index is 2.41. The summed E-state index contributed by atoms with van der Waals surface area (Å²) in [6, 6.07) is 4.31. The van der Waals surface area contributed by atoms with E-state index in [4.69, 9.17) is 9.62 Å². The zero-order valence-electron chi connectivity index (χ0n) is 8.38. The molecule has 0 fully saturated rings. The van der Waals surface area contributed by atoms with E-state index in [1.807, 2.05) is 0 Å². The van der Waals surface area contributed by atoms with Crippen molar-refractivity contribution < 1.29 is 14.0 Å². The number of rotatable bonds is 2. The second-order valence-electron chi connectivity index (χ2n) is 3.11. The molecular weight excluding hydrogens is 213 g/mol. The largest absolute Gasteiger partial charge is 0.421 e. The second kappa shape index (κ2) is 4.09. The lowest BCUT2D eigenvalue weighted by molar-refractivity contribution is 0.321. The van der Waals surface area contributed by atoms with Gasteiger partial charge in [-0.3, -0.25) is 0 Å². The maximum Gasteiger partial charge on any atom is 0.247 e. The smallest absolute Gasteiger partial charge is 0.247 e. The van der Waals surface area contributed by atoms with Crippen molar-refractivity contribution in [2.24, 2.45) is 5.16 Å². The Labute approximate surface area is 90.2 Å². The Morgan fingerprint density at radius 3 is 2.81 bits per heavy atom. The predicted octanol–water partition coefficient (Wildman–Crippen LogP) is 1.99. The average molecular weight is 221 g/mol. The number of nitrogens with zero attached hydrogens (tertiary/aromatic N) is 3. The van der Waals surface area contributed by atoms with Crippen LogP contribution in [-0.2, 0) is 0 Å². The lowest BCUT2D eigenvalue weighted by atomic mass is 10.1. The molecule has 1 aromatic heterocycles. The van der Waals surface area contributed by atoms with Gasteiger partial charge in [-0.1, -0.05) is 5.16 Å². The van der Waals surface area contributed by atoms with Gasteiger partial charge in [0.25, 0.3) is 0 Å². The summed E-state index contributed by atoms with van der Waals surface area (Å²) in [5.74, 6) is 0.145. The van der Waals surface area contributed by atoms with E-state index in [0.29, 0.717) is 11.5 Å². The van der Waals surface area contributed by atoms with Crippen molar-refractivity contribution in [2.75, 3.05) is 0 Å². The van der Waals surface area contributed by atoms with Crippen LogP contribution in [0.2, 0.25) is 0 Å². The highest BCUT2D eigenvalue weighted by Gasteiger charge is 2.08. The van der Waals surface area contributed by atoms with Crippen LogP contribution in [0.15, 0.2) is 27.8 Å². The van der Waals surface area contributed by atoms with Crippen molar-refractivity contribution in [3.8, 4) is 11.5 Å². The fourth-order valence-electron chi connectivity index (χ4n) is 1.24. The second-order valence-corrected chi connectivity index (χ2v) is 3.11. The quantitative estimate of drug-likeness (QED) is 0.478. The molecule has 0 amide bonds. The van der Waals surface area contributed by atoms with Crippen LogP contribution in [0.1, 0.15) is 11.5 Å². The van der Waals surface area contributed by atoms with E-state index in [-0.39, 0.29) is 11.5 Å². The Kier molecular flexibility index (Phi) is 2.63. The van der Waals surface area contributed by atoms with Gasteiger partial charge in [0.05, 0.1) is 6.21 Å². The van der Waals surface area contributed by atoms with Gasteiger partial charge in [0.1, 0.15) is 5.82 Å². The van der Waals surface area contributed by atoms with Crippen LogP contribution in [0.4, 0.5) is 4.39 Å². The van der Waals surface area contributed by atoms with E-state index in [2.05, 4.69) is 15.4 Å². The van der Waals surface area contributed by atoms with E-state index in [1.54, 1.807) is 13.0 Å². The molecule has 1 heterocycles. The zero-order valence-corrected chi connectivity index (χ0v) is 8.38. The summed E-state index contributed by atoms with van der Waals surface area (Å²) < 4.78 is 18.6. The molecule has 16 heavy (non-hydrogen) atoms. The van der Waals surface area contributed by atoms with Crippen LogP contribution >= 0.6 is 0 Å². The Bertz CT molecular complexity index is 537. The number of aryl methyl sites for hydroxylation is 1. The zero-order chi connectivity index (χ0) is 11.5. The van der Waals surface area contributed by atoms with Gasteiger partial charge in [-0.15, -0.1) is 10.2 Å². The third kappa shape index (κ3) is 1.90. The van der Waals surface area contributed by atoms with Crippen LogP contribution in [0.3, 0.4) is 0 Å². The predicted molar refractivity (Wildman–Crippen MR) is 53.8 cm³/mol. The number of benzene rings is 1. The normalized spacial score (nSPS) is 11.1. The highest BCUT2D eigenvalue weighted by atomic mass is 19.1. The molecule has 6 heteroatoms. The molecule has 82 valence electrons. The molecule has 0 aliphatic heterocycles. The monoisotopic (exact) mass is 221 g/mol. The Morgan fingerprint density at radius 2 is 2.25 bits per heavy atom. The van der Waals surface area contributed by atoms with E-state index >= 15 is 0 Å². The van der Waals surface area contributed by atoms with Crippen molar-refractivity contribution in [1.29, 1.82) is 0 Å². The van der Waals surface area contributed by atoms with Crippen LogP contribution in [0.5, 0.6) is 0 Å². The first kappa shape index (κ1) is 10.3. The highest BCUT2D eigenvalue weighted by molar-refractivity contribution is 5.80. The first-order valence-electron chi connectivity index (χ1n) is 4.48. The van der Waals surface area contributed by atoms with Crippen molar-refractivity contribution >= 4 is 6.21 Å². The summed E-state index contributed by atoms with van der Waals surface area (Å²) in [4.78, 5) is 0. The van der Waals surface area contributed by atoms with Crippen molar-refractivity contribution in [3.63, 3.8) is 0 Å². The molecule has 0 unspecified atom stereocenters. The van der Waals surface area contributed by atoms with Gasteiger partial charge >= 0.3 is 0 Å². The molecule has 2 rings (SSSR count). The molecule has 0 radical (unpaired) electrons. The molecule has 1 N–H and O–H groups in total. The number of hydrogen-bond donors (Lipinski definition) is 1. The van der Waals surface area contributed by atoms with Gasteiger partial charge in [0, 0.05) is 18.1 Å². The summed E-state index contributed by atoms with van der Waals surface area (Å²) in [6.45, 7) is 1.65. The molecule has 0 saturated heterocycles. The van der Waals surface area contributed by atoms with Crippen molar-refractivity contribution in [3.05, 3.63) is 35.5 Å². The number of aromatic nitrogens is 2. The molecule has 0 aliphatic rings. The standard InChI is InChI=1S/C10H8FN3O2/c1-6-13-14-10(16-6)7-2-3-8(5-12-15)9(11)4-7/h2-5,15H,1H3/b12-5-. The molecule has 2 aromatic rings. The third-order valence-electron chi connectivity index (χ3n) is 1.97. The summed E-state index contributed by atoms with van der Waals surface area (Å²) in [7, 11) is 0. The summed E-state index contributed by atoms with van der Waals surface area (Å²) in [5.41, 5.74) is 0.663. The first-order chi connectivity index (χ1) is 7.70. The average Bonchev–Trinajstić information content (AvgIpc) is 2.68. The van der Waals surface area contributed by atoms with Gasteiger partial charge in [-0.2, -0.15) is 0 Å². The SMILES string of the molecule is Cc1nnc(-c2ccc(/C=N\O)c(F)c2)o1. The van der Waals surface area contributed by atoms with Crippen LogP contribution in [0, 0.1) is 12.7 Å². The molecular formula is C10H8FN3O2. The minimum atomic E-state index is -0.522. The molecule has 1 aromatic carbocycles. The Morgan fingerprint density at radius 1 is 1.44 bits per heavy atom. The summed E-state index contributed by atoms with van der Waals surface area (Å²) >= 11 is 0. The first-order valence-corrected chi connectivity index (χ1v) is 4.48. The van der Waals surface area contributed by atoms with Crippen molar-refractivity contribution in [1.82, 2.24) is 10.2 Å². The Hall–Kier alpha value is -2.24. The summed E-state index contributed by atoms with van der Waals surface area (Å²) in [5, 5.41) is 18.5. The lowest BCUT2D eigenvalue weighted by Crippen LogP contribution is -1.89. The minimum Gasteiger partial charge on any atom is -0.421 e. The molecule has 0 atom stereocenters. The highest BCUT2D eigenvalue weighted by Crippen LogP contribution is 2.19. The van der Waals surface area contributed by atoms with Gasteiger partial charge < -0.3 is 9.62 Å². The van der Waals surface area contributed by atoms with Crippen LogP contribution in [0.25, 0.3) is 11.5 Å². The molecule has 0 bridgehead atoms. The van der Waals surface area contributed by atoms with E-state index in [9.17, 15) is 4.39 Å². The molecule has 5 nitrogen and oxygen atoms in total. The van der Waals surface area contributed by atoms with E-state index < -0.39 is 5.82 Å². The fraction of sp³-hybridized carbons (Fsp3) is 0.100. The van der Waals surface area contributed by atoms with E-state index in [1.165, 1.54) is 12.1 Å². The van der Waals surface area contributed by atoms with Crippen LogP contribution in [-0.4, -0.2) is 21.6 Å². The molecule has 0 spiro atoms. The van der Waals surface area contributed by atoms with Crippen LogP contribution < -0.4 is 0 Å². The maximum atomic E-state index is 13.4. The number of halogens is 1. The third-order valence-corrected chi connectivity index (χ3v) is 1.97. The summed E-state index contributed by atoms with van der Waals surface area (Å²) in [6.07, 6.45) is 1.01. The van der Waals surface area contributed by atoms with Crippen molar-refractivity contribution in [2.45, 2.75) is 6.92 Å². The molecule has 0 saturated carbocycles. The van der Waals surface area contributed by atoms with E-state index in [0.717, 1.165) is 6.21 Å². The fourth-order valence-corrected chi connectivity index (χ4v) is 1.24. The van der Waals surface area contributed by atoms with Gasteiger partial charge in [0.15, 0.2) is 0 Å². The lowest BCUT2D eigenvalue weighted by Gasteiger charge is -1.98. The molecule has 0 aliphatic carbocycles. The maximum absolute atomic E-state index is 13.4. The topological polar surface area (TPSA) is 71.5 Å². The van der Waals surface area contributed by atoms with Gasteiger partial charge in [0.2, 0.25) is 11.8 Å². The number of hydrogen-bond acceptors (Lipinski definition) is 5. The van der Waals surface area contributed by atoms with Gasteiger partial charge in [-0.25, -0.2) is 4.39 Å². The minimum absolute atomic E-state index is 0.183. The number of oxime groups is 1. The van der Waals surface area contributed by atoms with Gasteiger partial charge in [-0.05, 0) is 18.2 Å².